The third-order valence-corrected chi connectivity index (χ3v) is 3.37. The maximum atomic E-state index is 14.0. The van der Waals surface area contributed by atoms with Crippen molar-refractivity contribution < 1.29 is 9.18 Å². The second-order valence-electron chi connectivity index (χ2n) is 5.61. The summed E-state index contributed by atoms with van der Waals surface area (Å²) in [7, 11) is 0. The van der Waals surface area contributed by atoms with Crippen LogP contribution < -0.4 is 5.32 Å². The number of benzene rings is 1. The maximum absolute atomic E-state index is 14.0. The predicted molar refractivity (Wildman–Crippen MR) is 78.5 cm³/mol. The van der Waals surface area contributed by atoms with E-state index in [1.54, 1.807) is 0 Å². The van der Waals surface area contributed by atoms with Gasteiger partial charge < -0.3 is 5.32 Å². The zero-order valence-electron chi connectivity index (χ0n) is 12.5. The molecule has 0 spiro atoms. The van der Waals surface area contributed by atoms with Crippen LogP contribution in [0.15, 0.2) is 17.2 Å². The summed E-state index contributed by atoms with van der Waals surface area (Å²) in [5.74, 6) is -0.190. The molecule has 0 saturated heterocycles. The quantitative estimate of drug-likeness (QED) is 0.807. The van der Waals surface area contributed by atoms with Crippen LogP contribution in [-0.4, -0.2) is 16.8 Å². The van der Waals surface area contributed by atoms with E-state index in [9.17, 15) is 9.18 Å². The lowest BCUT2D eigenvalue weighted by molar-refractivity contribution is 0.192. The highest BCUT2D eigenvalue weighted by Crippen LogP contribution is 2.36. The Kier molecular flexibility index (Phi) is 3.79. The molecule has 108 valence electrons. The van der Waals surface area contributed by atoms with E-state index in [0.29, 0.717) is 11.3 Å². The monoisotopic (exact) mass is 277 g/mol. The second kappa shape index (κ2) is 5.23. The highest BCUT2D eigenvalue weighted by Gasteiger charge is 2.30. The van der Waals surface area contributed by atoms with Crippen molar-refractivity contribution in [3.8, 4) is 0 Å². The summed E-state index contributed by atoms with van der Waals surface area (Å²) < 4.78 is 14.0. The van der Waals surface area contributed by atoms with E-state index < -0.39 is 0 Å². The molecule has 1 heterocycles. The summed E-state index contributed by atoms with van der Waals surface area (Å²) in [6, 6.07) is 2.68. The normalized spacial score (nSPS) is 17.9. The van der Waals surface area contributed by atoms with E-state index in [2.05, 4.69) is 10.4 Å². The van der Waals surface area contributed by atoms with Gasteiger partial charge in [-0.05, 0) is 44.4 Å². The van der Waals surface area contributed by atoms with E-state index in [0.717, 1.165) is 11.3 Å². The molecular formula is C15H20FN3O. The highest BCUT2D eigenvalue weighted by atomic mass is 19.1. The number of hydrazone groups is 1. The zero-order valence-corrected chi connectivity index (χ0v) is 12.5. The number of carbonyl (C=O) groups is 1. The second-order valence-corrected chi connectivity index (χ2v) is 5.61. The van der Waals surface area contributed by atoms with Crippen molar-refractivity contribution in [2.45, 2.75) is 46.6 Å². The van der Waals surface area contributed by atoms with Crippen LogP contribution in [0.3, 0.4) is 0 Å². The van der Waals surface area contributed by atoms with Crippen LogP contribution in [0, 0.1) is 5.82 Å². The van der Waals surface area contributed by atoms with E-state index in [1.165, 1.54) is 11.1 Å². The molecule has 0 bridgehead atoms. The average Bonchev–Trinajstić information content (AvgIpc) is 2.33. The fourth-order valence-electron chi connectivity index (χ4n) is 2.33. The van der Waals surface area contributed by atoms with Crippen molar-refractivity contribution in [3.05, 3.63) is 29.1 Å². The minimum absolute atomic E-state index is 0.0926. The molecule has 1 unspecified atom stereocenters. The molecule has 1 atom stereocenters. The van der Waals surface area contributed by atoms with Crippen molar-refractivity contribution in [3.63, 3.8) is 0 Å². The van der Waals surface area contributed by atoms with Crippen LogP contribution in [0.1, 0.15) is 57.7 Å². The molecule has 2 rings (SSSR count). The summed E-state index contributed by atoms with van der Waals surface area (Å²) in [6.45, 7) is 9.46. The number of nitrogens with zero attached hydrogens (tertiary/aromatic N) is 2. The molecule has 0 aromatic heterocycles. The lowest BCUT2D eigenvalue weighted by Crippen LogP contribution is -2.38. The molecule has 0 saturated carbocycles. The van der Waals surface area contributed by atoms with Crippen LogP contribution >= 0.6 is 0 Å². The summed E-state index contributed by atoms with van der Waals surface area (Å²) in [6.07, 6.45) is 0. The molecule has 2 amide bonds. The van der Waals surface area contributed by atoms with Gasteiger partial charge in [0, 0.05) is 11.3 Å². The van der Waals surface area contributed by atoms with Gasteiger partial charge in [-0.25, -0.2) is 14.2 Å². The number of nitrogens with one attached hydrogen (secondary N) is 1. The number of hydrogen-bond donors (Lipinski definition) is 1. The van der Waals surface area contributed by atoms with E-state index in [1.807, 2.05) is 40.7 Å². The Labute approximate surface area is 118 Å². The van der Waals surface area contributed by atoms with Crippen molar-refractivity contribution in [1.82, 2.24) is 5.01 Å². The van der Waals surface area contributed by atoms with Crippen LogP contribution in [0.2, 0.25) is 0 Å². The van der Waals surface area contributed by atoms with Gasteiger partial charge in [0.1, 0.15) is 5.82 Å². The first-order valence-corrected chi connectivity index (χ1v) is 6.76. The molecule has 0 fully saturated rings. The first kappa shape index (κ1) is 14.5. The SMILES string of the molecule is CC(C)=NN1C(=O)Nc2cc(F)c(C(C)C)cc2C1C. The minimum Gasteiger partial charge on any atom is -0.306 e. The summed E-state index contributed by atoms with van der Waals surface area (Å²) in [5.41, 5.74) is 2.87. The molecule has 1 aliphatic rings. The van der Waals surface area contributed by atoms with Gasteiger partial charge in [0.25, 0.3) is 0 Å². The molecule has 1 N–H and O–H groups in total. The lowest BCUT2D eigenvalue weighted by atomic mass is 9.95. The lowest BCUT2D eigenvalue weighted by Gasteiger charge is -2.32. The van der Waals surface area contributed by atoms with Gasteiger partial charge in [-0.2, -0.15) is 5.10 Å². The topological polar surface area (TPSA) is 44.7 Å². The summed E-state index contributed by atoms with van der Waals surface area (Å²) in [4.78, 5) is 12.0. The molecule has 0 aliphatic carbocycles. The molecule has 4 nitrogen and oxygen atoms in total. The number of halogens is 1. The van der Waals surface area contributed by atoms with Crippen LogP contribution in [0.5, 0.6) is 0 Å². The zero-order chi connectivity index (χ0) is 15.0. The molecule has 20 heavy (non-hydrogen) atoms. The Morgan fingerprint density at radius 1 is 1.40 bits per heavy atom. The number of urea groups is 1. The number of fused-ring (bicyclic) bond motifs is 1. The Bertz CT molecular complexity index is 577. The minimum atomic E-state index is -0.331. The smallest absolute Gasteiger partial charge is 0.306 e. The first-order chi connectivity index (χ1) is 9.31. The van der Waals surface area contributed by atoms with Crippen LogP contribution in [0.25, 0.3) is 0 Å². The van der Waals surface area contributed by atoms with Gasteiger partial charge in [0.15, 0.2) is 0 Å². The van der Waals surface area contributed by atoms with Gasteiger partial charge in [-0.15, -0.1) is 0 Å². The van der Waals surface area contributed by atoms with Gasteiger partial charge in [-0.3, -0.25) is 0 Å². The van der Waals surface area contributed by atoms with Gasteiger partial charge in [0.2, 0.25) is 0 Å². The summed E-state index contributed by atoms with van der Waals surface area (Å²) >= 11 is 0. The van der Waals surface area contributed by atoms with E-state index in [-0.39, 0.29) is 23.8 Å². The molecule has 5 heteroatoms. The van der Waals surface area contributed by atoms with Crippen LogP contribution in [0.4, 0.5) is 14.9 Å². The largest absolute Gasteiger partial charge is 0.342 e. The molecule has 1 aliphatic heterocycles. The molecule has 0 radical (unpaired) electrons. The van der Waals surface area contributed by atoms with Gasteiger partial charge in [0.05, 0.1) is 11.7 Å². The standard InChI is InChI=1S/C15H20FN3O/c1-8(2)11-6-12-10(5)19(18-9(3)4)15(20)17-14(12)7-13(11)16/h6-8,10H,1-5H3,(H,17,20). The van der Waals surface area contributed by atoms with Crippen molar-refractivity contribution in [2.24, 2.45) is 5.10 Å². The predicted octanol–water partition coefficient (Wildman–Crippen LogP) is 4.25. The number of rotatable bonds is 2. The molecule has 1 aromatic carbocycles. The Balaban J connectivity index is 2.51. The van der Waals surface area contributed by atoms with Crippen molar-refractivity contribution in [1.29, 1.82) is 0 Å². The number of anilines is 1. The first-order valence-electron chi connectivity index (χ1n) is 6.76. The Morgan fingerprint density at radius 3 is 2.60 bits per heavy atom. The number of amides is 2. The van der Waals surface area contributed by atoms with E-state index >= 15 is 0 Å². The third kappa shape index (κ3) is 2.53. The van der Waals surface area contributed by atoms with E-state index in [4.69, 9.17) is 0 Å². The van der Waals surface area contributed by atoms with Crippen LogP contribution in [-0.2, 0) is 0 Å². The Hall–Kier alpha value is -1.91. The maximum Gasteiger partial charge on any atom is 0.342 e. The third-order valence-electron chi connectivity index (χ3n) is 3.37. The highest BCUT2D eigenvalue weighted by molar-refractivity contribution is 5.94. The van der Waals surface area contributed by atoms with Gasteiger partial charge in [-0.1, -0.05) is 13.8 Å². The van der Waals surface area contributed by atoms with Crippen molar-refractivity contribution >= 4 is 17.4 Å². The fourth-order valence-corrected chi connectivity index (χ4v) is 2.33. The van der Waals surface area contributed by atoms with Crippen molar-refractivity contribution in [2.75, 3.05) is 5.32 Å². The number of carbonyl (C=O) groups excluding carboxylic acids is 1. The number of hydrogen-bond acceptors (Lipinski definition) is 2. The average molecular weight is 277 g/mol. The molecular weight excluding hydrogens is 257 g/mol. The molecule has 1 aromatic rings. The Morgan fingerprint density at radius 2 is 2.05 bits per heavy atom. The summed E-state index contributed by atoms with van der Waals surface area (Å²) in [5, 5.41) is 8.33. The fraction of sp³-hybridized carbons (Fsp3) is 0.467. The van der Waals surface area contributed by atoms with Gasteiger partial charge >= 0.3 is 6.03 Å².